The van der Waals surface area contributed by atoms with Crippen LogP contribution < -0.4 is 4.74 Å². The molecule has 0 heterocycles. The average Bonchev–Trinajstić information content (AvgIpc) is 3.05. The van der Waals surface area contributed by atoms with Gasteiger partial charge in [0.25, 0.3) is 0 Å². The normalized spacial score (nSPS) is 16.9. The van der Waals surface area contributed by atoms with Crippen LogP contribution in [-0.2, 0) is 17.4 Å². The predicted octanol–water partition coefficient (Wildman–Crippen LogP) is 6.75. The quantitative estimate of drug-likeness (QED) is 0.461. The van der Waals surface area contributed by atoms with Gasteiger partial charge in [-0.2, -0.15) is 13.2 Å². The summed E-state index contributed by atoms with van der Waals surface area (Å²) in [5, 5.41) is 0.659. The van der Waals surface area contributed by atoms with Gasteiger partial charge in [0, 0.05) is 11.4 Å². The van der Waals surface area contributed by atoms with Gasteiger partial charge in [0.1, 0.15) is 18.6 Å². The highest BCUT2D eigenvalue weighted by atomic mass is 35.5. The van der Waals surface area contributed by atoms with E-state index in [4.69, 9.17) is 16.3 Å². The van der Waals surface area contributed by atoms with Gasteiger partial charge in [-0.3, -0.25) is 0 Å². The maximum Gasteiger partial charge on any atom is 0.416 e. The molecular formula is C23H22ClF3O2. The highest BCUT2D eigenvalue weighted by molar-refractivity contribution is 6.30. The Labute approximate surface area is 173 Å². The van der Waals surface area contributed by atoms with Crippen molar-refractivity contribution in [1.82, 2.24) is 0 Å². The number of aldehydes is 1. The van der Waals surface area contributed by atoms with Gasteiger partial charge in [-0.15, -0.1) is 0 Å². The lowest BCUT2D eigenvalue weighted by Crippen LogP contribution is -2.10. The summed E-state index contributed by atoms with van der Waals surface area (Å²) in [4.78, 5) is 10.5. The topological polar surface area (TPSA) is 26.3 Å². The van der Waals surface area contributed by atoms with Gasteiger partial charge in [-0.25, -0.2) is 0 Å². The lowest BCUT2D eigenvalue weighted by Gasteiger charge is -2.16. The molecule has 0 aromatic heterocycles. The summed E-state index contributed by atoms with van der Waals surface area (Å²) in [6.45, 7) is 2.38. The van der Waals surface area contributed by atoms with Crippen LogP contribution in [0.3, 0.4) is 0 Å². The largest absolute Gasteiger partial charge is 0.489 e. The molecule has 1 aliphatic carbocycles. The van der Waals surface area contributed by atoms with Crippen LogP contribution in [0.1, 0.15) is 42.9 Å². The third kappa shape index (κ3) is 5.21. The second kappa shape index (κ2) is 9.04. The van der Waals surface area contributed by atoms with E-state index in [0.717, 1.165) is 30.0 Å². The lowest BCUT2D eigenvalue weighted by atomic mass is 9.95. The van der Waals surface area contributed by atoms with E-state index < -0.39 is 11.7 Å². The zero-order valence-electron chi connectivity index (χ0n) is 16.1. The molecule has 0 saturated heterocycles. The number of ether oxygens (including phenoxy) is 1. The molecule has 1 atom stereocenters. The van der Waals surface area contributed by atoms with Crippen molar-refractivity contribution in [1.29, 1.82) is 0 Å². The highest BCUT2D eigenvalue weighted by Gasteiger charge is 2.33. The molecule has 154 valence electrons. The standard InChI is InChI=1S/C23H22ClF3O2/c1-15-4-5-18(22(15)17-6-9-19(24)10-7-17)14-29-20-11-8-16(3-2-12-28)21(13-20)23(25,26)27/h6-13,15H,2-5,14H2,1H3. The molecule has 0 amide bonds. The predicted molar refractivity (Wildman–Crippen MR) is 108 cm³/mol. The van der Waals surface area contributed by atoms with Crippen LogP contribution in [-0.4, -0.2) is 12.9 Å². The number of carbonyl (C=O) groups excluding carboxylic acids is 1. The SMILES string of the molecule is CC1CCC(COc2ccc(CCC=O)c(C(F)(F)F)c2)=C1c1ccc(Cl)cc1. The van der Waals surface area contributed by atoms with Gasteiger partial charge >= 0.3 is 6.18 Å². The molecule has 0 radical (unpaired) electrons. The van der Waals surface area contributed by atoms with Gasteiger partial charge in [0.05, 0.1) is 5.56 Å². The number of rotatable bonds is 7. The first-order chi connectivity index (χ1) is 13.8. The lowest BCUT2D eigenvalue weighted by molar-refractivity contribution is -0.138. The fraction of sp³-hybridized carbons (Fsp3) is 0.348. The molecule has 1 unspecified atom stereocenters. The second-order valence-electron chi connectivity index (χ2n) is 7.27. The third-order valence-electron chi connectivity index (χ3n) is 5.24. The molecule has 2 nitrogen and oxygen atoms in total. The first-order valence-corrected chi connectivity index (χ1v) is 9.91. The number of aryl methyl sites for hydroxylation is 1. The molecule has 0 aliphatic heterocycles. The number of benzene rings is 2. The summed E-state index contributed by atoms with van der Waals surface area (Å²) in [6.07, 6.45) is -1.93. The molecule has 0 N–H and O–H groups in total. The van der Waals surface area contributed by atoms with Crippen LogP contribution in [0, 0.1) is 5.92 Å². The van der Waals surface area contributed by atoms with Crippen LogP contribution >= 0.6 is 11.6 Å². The van der Waals surface area contributed by atoms with Gasteiger partial charge in [0.15, 0.2) is 0 Å². The summed E-state index contributed by atoms with van der Waals surface area (Å²) < 4.78 is 46.0. The fourth-order valence-electron chi connectivity index (χ4n) is 3.80. The maximum absolute atomic E-state index is 13.4. The van der Waals surface area contributed by atoms with Gasteiger partial charge < -0.3 is 9.53 Å². The van der Waals surface area contributed by atoms with Gasteiger partial charge in [-0.05, 0) is 71.7 Å². The van der Waals surface area contributed by atoms with Crippen molar-refractivity contribution in [2.24, 2.45) is 5.92 Å². The fourth-order valence-corrected chi connectivity index (χ4v) is 3.92. The van der Waals surface area contributed by atoms with Crippen LogP contribution in [0.25, 0.3) is 5.57 Å². The Balaban J connectivity index is 1.82. The summed E-state index contributed by atoms with van der Waals surface area (Å²) in [5.74, 6) is 0.529. The average molecular weight is 423 g/mol. The van der Waals surface area contributed by atoms with Gasteiger partial charge in [-0.1, -0.05) is 36.7 Å². The van der Waals surface area contributed by atoms with E-state index >= 15 is 0 Å². The molecule has 1 aliphatic rings. The van der Waals surface area contributed by atoms with Crippen molar-refractivity contribution < 1.29 is 22.7 Å². The molecule has 0 bridgehead atoms. The Hall–Kier alpha value is -2.27. The molecule has 3 rings (SSSR count). The first kappa shape index (κ1) is 21.4. The van der Waals surface area contributed by atoms with Gasteiger partial charge in [0.2, 0.25) is 0 Å². The monoisotopic (exact) mass is 422 g/mol. The summed E-state index contributed by atoms with van der Waals surface area (Å²) in [6, 6.07) is 11.6. The van der Waals surface area contributed by atoms with E-state index in [9.17, 15) is 18.0 Å². The molecule has 2 aromatic carbocycles. The zero-order valence-corrected chi connectivity index (χ0v) is 16.8. The number of hydrogen-bond donors (Lipinski definition) is 0. The number of allylic oxidation sites excluding steroid dienone is 1. The Morgan fingerprint density at radius 1 is 1.17 bits per heavy atom. The van der Waals surface area contributed by atoms with Crippen LogP contribution in [0.2, 0.25) is 5.02 Å². The van der Waals surface area contributed by atoms with E-state index in [1.807, 2.05) is 24.3 Å². The minimum Gasteiger partial charge on any atom is -0.489 e. The Kier molecular flexibility index (Phi) is 6.68. The third-order valence-corrected chi connectivity index (χ3v) is 5.49. The van der Waals surface area contributed by atoms with Crippen molar-refractivity contribution in [3.63, 3.8) is 0 Å². The molecule has 6 heteroatoms. The highest BCUT2D eigenvalue weighted by Crippen LogP contribution is 2.40. The smallest absolute Gasteiger partial charge is 0.416 e. The summed E-state index contributed by atoms with van der Waals surface area (Å²) >= 11 is 5.98. The van der Waals surface area contributed by atoms with E-state index in [-0.39, 0.29) is 30.8 Å². The minimum absolute atomic E-state index is 0.0541. The van der Waals surface area contributed by atoms with Crippen molar-refractivity contribution in [2.45, 2.75) is 38.8 Å². The van der Waals surface area contributed by atoms with Crippen molar-refractivity contribution >= 4 is 23.5 Å². The minimum atomic E-state index is -4.49. The van der Waals surface area contributed by atoms with Crippen molar-refractivity contribution in [2.75, 3.05) is 6.61 Å². The Morgan fingerprint density at radius 2 is 1.90 bits per heavy atom. The molecule has 29 heavy (non-hydrogen) atoms. The summed E-state index contributed by atoms with van der Waals surface area (Å²) in [5.41, 5.74) is 2.70. The summed E-state index contributed by atoms with van der Waals surface area (Å²) in [7, 11) is 0. The van der Waals surface area contributed by atoms with Crippen LogP contribution in [0.4, 0.5) is 13.2 Å². The van der Waals surface area contributed by atoms with Crippen LogP contribution in [0.5, 0.6) is 5.75 Å². The number of carbonyl (C=O) groups is 1. The Morgan fingerprint density at radius 3 is 2.55 bits per heavy atom. The van der Waals surface area contributed by atoms with E-state index in [2.05, 4.69) is 6.92 Å². The second-order valence-corrected chi connectivity index (χ2v) is 7.71. The van der Waals surface area contributed by atoms with Crippen molar-refractivity contribution in [3.05, 3.63) is 69.8 Å². The van der Waals surface area contributed by atoms with Crippen LogP contribution in [0.15, 0.2) is 48.0 Å². The Bertz CT molecular complexity index is 901. The molecule has 0 spiro atoms. The zero-order chi connectivity index (χ0) is 21.0. The van der Waals surface area contributed by atoms with Crippen molar-refractivity contribution in [3.8, 4) is 5.75 Å². The molecule has 0 fully saturated rings. The van der Waals surface area contributed by atoms with E-state index in [1.54, 1.807) is 0 Å². The molecular weight excluding hydrogens is 401 g/mol. The maximum atomic E-state index is 13.4. The molecule has 2 aromatic rings. The van der Waals surface area contributed by atoms with E-state index in [0.29, 0.717) is 17.2 Å². The number of alkyl halides is 3. The first-order valence-electron chi connectivity index (χ1n) is 9.54. The number of halogens is 4. The van der Waals surface area contributed by atoms with E-state index in [1.165, 1.54) is 17.7 Å². The number of hydrogen-bond acceptors (Lipinski definition) is 2. The molecule has 0 saturated carbocycles.